The standard InChI is InChI=1S/C16H17ClN6O2S/c1-3-13-19-14(25-21-13)8-22(2)15(24)9-26-16-20-18-10-23(16)12-6-4-5-11(17)7-12/h4-7,10H,3,8-9H2,1-2H3. The molecule has 0 unspecified atom stereocenters. The molecular weight excluding hydrogens is 376 g/mol. The minimum atomic E-state index is -0.0770. The fraction of sp³-hybridized carbons (Fsp3) is 0.312. The Morgan fingerprint density at radius 1 is 1.42 bits per heavy atom. The number of amides is 1. The molecule has 0 N–H and O–H groups in total. The largest absolute Gasteiger partial charge is 0.337 e. The van der Waals surface area contributed by atoms with Crippen molar-refractivity contribution in [1.82, 2.24) is 29.8 Å². The molecule has 136 valence electrons. The maximum Gasteiger partial charge on any atom is 0.246 e. The second-order valence-electron chi connectivity index (χ2n) is 5.46. The molecule has 1 amide bonds. The summed E-state index contributed by atoms with van der Waals surface area (Å²) in [5.41, 5.74) is 0.837. The lowest BCUT2D eigenvalue weighted by molar-refractivity contribution is -0.127. The topological polar surface area (TPSA) is 89.9 Å². The number of carbonyl (C=O) groups is 1. The molecule has 10 heteroatoms. The first-order valence-electron chi connectivity index (χ1n) is 7.91. The first-order chi connectivity index (χ1) is 12.6. The van der Waals surface area contributed by atoms with Crippen LogP contribution in [0.1, 0.15) is 18.6 Å². The lowest BCUT2D eigenvalue weighted by Gasteiger charge is -2.14. The van der Waals surface area contributed by atoms with Gasteiger partial charge in [0, 0.05) is 18.5 Å². The van der Waals surface area contributed by atoms with E-state index in [2.05, 4.69) is 20.3 Å². The van der Waals surface area contributed by atoms with Crippen molar-refractivity contribution in [2.45, 2.75) is 25.0 Å². The molecule has 0 saturated carbocycles. The van der Waals surface area contributed by atoms with E-state index in [1.165, 1.54) is 11.8 Å². The van der Waals surface area contributed by atoms with Crippen molar-refractivity contribution in [2.75, 3.05) is 12.8 Å². The van der Waals surface area contributed by atoms with Gasteiger partial charge in [0.15, 0.2) is 11.0 Å². The lowest BCUT2D eigenvalue weighted by Crippen LogP contribution is -2.28. The van der Waals surface area contributed by atoms with Gasteiger partial charge >= 0.3 is 0 Å². The van der Waals surface area contributed by atoms with Crippen LogP contribution in [-0.4, -0.2) is 48.5 Å². The van der Waals surface area contributed by atoms with Crippen LogP contribution >= 0.6 is 23.4 Å². The molecule has 26 heavy (non-hydrogen) atoms. The molecule has 2 heterocycles. The van der Waals surface area contributed by atoms with Crippen LogP contribution in [0.4, 0.5) is 0 Å². The Morgan fingerprint density at radius 2 is 2.27 bits per heavy atom. The molecule has 3 rings (SSSR count). The fourth-order valence-electron chi connectivity index (χ4n) is 2.15. The predicted molar refractivity (Wildman–Crippen MR) is 97.2 cm³/mol. The molecule has 0 saturated heterocycles. The van der Waals surface area contributed by atoms with Gasteiger partial charge in [0.1, 0.15) is 6.33 Å². The molecule has 0 aliphatic carbocycles. The van der Waals surface area contributed by atoms with Gasteiger partial charge in [0.05, 0.1) is 18.0 Å². The number of hydrogen-bond donors (Lipinski definition) is 0. The third kappa shape index (κ3) is 4.41. The van der Waals surface area contributed by atoms with Crippen molar-refractivity contribution in [3.63, 3.8) is 0 Å². The Labute approximate surface area is 159 Å². The fourth-order valence-corrected chi connectivity index (χ4v) is 3.21. The van der Waals surface area contributed by atoms with E-state index in [0.29, 0.717) is 28.3 Å². The number of carbonyl (C=O) groups excluding carboxylic acids is 1. The highest BCUT2D eigenvalue weighted by molar-refractivity contribution is 7.99. The Bertz CT molecular complexity index is 896. The zero-order chi connectivity index (χ0) is 18.5. The van der Waals surface area contributed by atoms with Crippen LogP contribution in [0, 0.1) is 0 Å². The number of aromatic nitrogens is 5. The van der Waals surface area contributed by atoms with Crippen molar-refractivity contribution in [3.8, 4) is 5.69 Å². The van der Waals surface area contributed by atoms with E-state index >= 15 is 0 Å². The van der Waals surface area contributed by atoms with Gasteiger partial charge in [-0.25, -0.2) is 0 Å². The number of rotatable bonds is 7. The SMILES string of the molecule is CCc1noc(CN(C)C(=O)CSc2nncn2-c2cccc(Cl)c2)n1. The zero-order valence-corrected chi connectivity index (χ0v) is 15.9. The van der Waals surface area contributed by atoms with Crippen LogP contribution in [0.5, 0.6) is 0 Å². The van der Waals surface area contributed by atoms with E-state index in [0.717, 1.165) is 5.69 Å². The molecule has 3 aromatic rings. The molecule has 0 radical (unpaired) electrons. The smallest absolute Gasteiger partial charge is 0.246 e. The Kier molecular flexibility index (Phi) is 5.89. The second kappa shape index (κ2) is 8.33. The molecule has 0 fully saturated rings. The third-order valence-electron chi connectivity index (χ3n) is 3.55. The molecule has 1 aromatic carbocycles. The van der Waals surface area contributed by atoms with Crippen LogP contribution in [0.2, 0.25) is 5.02 Å². The number of halogens is 1. The lowest BCUT2D eigenvalue weighted by atomic mass is 10.3. The highest BCUT2D eigenvalue weighted by Crippen LogP contribution is 2.22. The maximum absolute atomic E-state index is 12.4. The Morgan fingerprint density at radius 3 is 3.00 bits per heavy atom. The van der Waals surface area contributed by atoms with E-state index in [9.17, 15) is 4.79 Å². The first kappa shape index (κ1) is 18.4. The summed E-state index contributed by atoms with van der Waals surface area (Å²) in [6, 6.07) is 7.35. The van der Waals surface area contributed by atoms with Gasteiger partial charge in [-0.2, -0.15) is 4.98 Å². The van der Waals surface area contributed by atoms with Crippen molar-refractivity contribution < 1.29 is 9.32 Å². The molecule has 0 spiro atoms. The number of thioether (sulfide) groups is 1. The van der Waals surface area contributed by atoms with Crippen molar-refractivity contribution >= 4 is 29.3 Å². The van der Waals surface area contributed by atoms with Gasteiger partial charge in [-0.15, -0.1) is 10.2 Å². The molecule has 8 nitrogen and oxygen atoms in total. The molecule has 0 aliphatic rings. The van der Waals surface area contributed by atoms with Gasteiger partial charge < -0.3 is 9.42 Å². The summed E-state index contributed by atoms with van der Waals surface area (Å²) >= 11 is 7.33. The van der Waals surface area contributed by atoms with E-state index in [4.69, 9.17) is 16.1 Å². The number of nitrogens with zero attached hydrogens (tertiary/aromatic N) is 6. The van der Waals surface area contributed by atoms with Crippen LogP contribution in [0.15, 0.2) is 40.3 Å². The monoisotopic (exact) mass is 392 g/mol. The van der Waals surface area contributed by atoms with Crippen molar-refractivity contribution in [3.05, 3.63) is 47.3 Å². The van der Waals surface area contributed by atoms with Gasteiger partial charge in [-0.3, -0.25) is 9.36 Å². The molecule has 0 atom stereocenters. The Balaban J connectivity index is 1.60. The van der Waals surface area contributed by atoms with Gasteiger partial charge in [0.25, 0.3) is 0 Å². The number of hydrogen-bond acceptors (Lipinski definition) is 7. The minimum Gasteiger partial charge on any atom is -0.337 e. The molecular formula is C16H17ClN6O2S. The van der Waals surface area contributed by atoms with E-state index in [1.54, 1.807) is 28.9 Å². The average Bonchev–Trinajstić information content (AvgIpc) is 3.28. The molecule has 2 aromatic heterocycles. The van der Waals surface area contributed by atoms with E-state index in [-0.39, 0.29) is 18.2 Å². The summed E-state index contributed by atoms with van der Waals surface area (Å²) in [7, 11) is 1.69. The molecule has 0 bridgehead atoms. The normalized spacial score (nSPS) is 10.9. The van der Waals surface area contributed by atoms with Crippen LogP contribution < -0.4 is 0 Å². The molecule has 0 aliphatic heterocycles. The summed E-state index contributed by atoms with van der Waals surface area (Å²) in [6.07, 6.45) is 2.28. The summed E-state index contributed by atoms with van der Waals surface area (Å²) in [6.45, 7) is 2.21. The van der Waals surface area contributed by atoms with E-state index in [1.807, 2.05) is 25.1 Å². The highest BCUT2D eigenvalue weighted by atomic mass is 35.5. The third-order valence-corrected chi connectivity index (χ3v) is 4.72. The van der Waals surface area contributed by atoms with Crippen LogP contribution in [-0.2, 0) is 17.8 Å². The predicted octanol–water partition coefficient (Wildman–Crippen LogP) is 2.62. The number of benzene rings is 1. The quantitative estimate of drug-likeness (QED) is 0.571. The highest BCUT2D eigenvalue weighted by Gasteiger charge is 2.16. The zero-order valence-electron chi connectivity index (χ0n) is 14.3. The summed E-state index contributed by atoms with van der Waals surface area (Å²) in [5, 5.41) is 13.0. The maximum atomic E-state index is 12.4. The van der Waals surface area contributed by atoms with Gasteiger partial charge in [-0.05, 0) is 18.2 Å². The minimum absolute atomic E-state index is 0.0770. The van der Waals surface area contributed by atoms with Crippen LogP contribution in [0.25, 0.3) is 5.69 Å². The summed E-state index contributed by atoms with van der Waals surface area (Å²) < 4.78 is 6.90. The first-order valence-corrected chi connectivity index (χ1v) is 9.27. The Hall–Kier alpha value is -2.39. The number of aryl methyl sites for hydroxylation is 1. The van der Waals surface area contributed by atoms with Crippen molar-refractivity contribution in [2.24, 2.45) is 0 Å². The summed E-state index contributed by atoms with van der Waals surface area (Å²) in [5.74, 6) is 1.19. The van der Waals surface area contributed by atoms with Gasteiger partial charge in [0.2, 0.25) is 11.8 Å². The van der Waals surface area contributed by atoms with Crippen molar-refractivity contribution in [1.29, 1.82) is 0 Å². The average molecular weight is 393 g/mol. The second-order valence-corrected chi connectivity index (χ2v) is 6.84. The van der Waals surface area contributed by atoms with Crippen LogP contribution in [0.3, 0.4) is 0 Å². The summed E-state index contributed by atoms with van der Waals surface area (Å²) in [4.78, 5) is 18.1. The van der Waals surface area contributed by atoms with E-state index < -0.39 is 0 Å². The van der Waals surface area contributed by atoms with Gasteiger partial charge in [-0.1, -0.05) is 41.5 Å².